The van der Waals surface area contributed by atoms with Crippen molar-refractivity contribution in [1.29, 1.82) is 0 Å². The topological polar surface area (TPSA) is 79.2 Å². The van der Waals surface area contributed by atoms with E-state index in [0.717, 1.165) is 38.6 Å². The average molecular weight is 294 g/mol. The summed E-state index contributed by atoms with van der Waals surface area (Å²) >= 11 is 0. The van der Waals surface area contributed by atoms with Gasteiger partial charge < -0.3 is 15.7 Å². The molecule has 2 amide bonds. The van der Waals surface area contributed by atoms with Crippen LogP contribution >= 0.6 is 0 Å². The Morgan fingerprint density at radius 1 is 1.38 bits per heavy atom. The number of nitrogens with one attached hydrogen (secondary N) is 2. The molecule has 0 atom stereocenters. The molecule has 6 heteroatoms. The van der Waals surface area contributed by atoms with Gasteiger partial charge in [-0.25, -0.2) is 4.79 Å². The summed E-state index contributed by atoms with van der Waals surface area (Å²) in [6, 6.07) is -0.288. The SMILES string of the molecule is CCCn1cc(NC(=O)NCC2(O)CCCCCC2)cn1. The molecule has 21 heavy (non-hydrogen) atoms. The average Bonchev–Trinajstić information content (AvgIpc) is 2.76. The monoisotopic (exact) mass is 294 g/mol. The first-order valence-corrected chi connectivity index (χ1v) is 7.91. The minimum atomic E-state index is -0.750. The molecule has 3 N–H and O–H groups in total. The number of carbonyl (C=O) groups is 1. The van der Waals surface area contributed by atoms with Gasteiger partial charge in [-0.1, -0.05) is 32.6 Å². The van der Waals surface area contributed by atoms with E-state index < -0.39 is 5.60 Å². The minimum absolute atomic E-state index is 0.288. The quantitative estimate of drug-likeness (QED) is 0.730. The number of anilines is 1. The second kappa shape index (κ2) is 7.45. The van der Waals surface area contributed by atoms with Gasteiger partial charge in [0.25, 0.3) is 0 Å². The minimum Gasteiger partial charge on any atom is -0.388 e. The van der Waals surface area contributed by atoms with Gasteiger partial charge in [0.15, 0.2) is 0 Å². The lowest BCUT2D eigenvalue weighted by molar-refractivity contribution is 0.0281. The Labute approximate surface area is 125 Å². The van der Waals surface area contributed by atoms with Crippen LogP contribution in [0.2, 0.25) is 0 Å². The lowest BCUT2D eigenvalue weighted by atomic mass is 9.95. The van der Waals surface area contributed by atoms with Crippen molar-refractivity contribution in [3.8, 4) is 0 Å². The van der Waals surface area contributed by atoms with Crippen molar-refractivity contribution in [2.45, 2.75) is 64.0 Å². The molecule has 1 aromatic rings. The maximum atomic E-state index is 11.9. The lowest BCUT2D eigenvalue weighted by Gasteiger charge is -2.26. The van der Waals surface area contributed by atoms with Crippen LogP contribution in [-0.4, -0.2) is 33.1 Å². The number of hydrogen-bond acceptors (Lipinski definition) is 3. The van der Waals surface area contributed by atoms with E-state index in [1.54, 1.807) is 10.9 Å². The molecule has 2 rings (SSSR count). The van der Waals surface area contributed by atoms with Crippen LogP contribution < -0.4 is 10.6 Å². The Morgan fingerprint density at radius 2 is 2.10 bits per heavy atom. The summed E-state index contributed by atoms with van der Waals surface area (Å²) in [5.74, 6) is 0. The lowest BCUT2D eigenvalue weighted by Crippen LogP contribution is -2.44. The smallest absolute Gasteiger partial charge is 0.319 e. The van der Waals surface area contributed by atoms with E-state index in [2.05, 4.69) is 22.7 Å². The van der Waals surface area contributed by atoms with Crippen molar-refractivity contribution >= 4 is 11.7 Å². The van der Waals surface area contributed by atoms with Crippen LogP contribution in [-0.2, 0) is 6.54 Å². The molecule has 0 spiro atoms. The highest BCUT2D eigenvalue weighted by molar-refractivity contribution is 5.88. The highest BCUT2D eigenvalue weighted by atomic mass is 16.3. The Kier molecular flexibility index (Phi) is 5.61. The van der Waals surface area contributed by atoms with Crippen molar-refractivity contribution < 1.29 is 9.90 Å². The zero-order valence-corrected chi connectivity index (χ0v) is 12.8. The van der Waals surface area contributed by atoms with Crippen LogP contribution in [0.1, 0.15) is 51.9 Å². The standard InChI is InChI=1S/C15H26N4O2/c1-2-9-19-11-13(10-17-19)18-14(20)16-12-15(21)7-5-3-4-6-8-15/h10-11,21H,2-9,12H2,1H3,(H2,16,18,20). The number of rotatable bonds is 5. The fourth-order valence-electron chi connectivity index (χ4n) is 2.76. The van der Waals surface area contributed by atoms with Crippen LogP contribution in [0, 0.1) is 0 Å². The molecule has 0 unspecified atom stereocenters. The van der Waals surface area contributed by atoms with E-state index in [4.69, 9.17) is 0 Å². The summed E-state index contributed by atoms with van der Waals surface area (Å²) in [6.07, 6.45) is 10.4. The van der Waals surface area contributed by atoms with Crippen LogP contribution in [0.5, 0.6) is 0 Å². The van der Waals surface area contributed by atoms with Crippen LogP contribution in [0.25, 0.3) is 0 Å². The normalized spacial score (nSPS) is 18.0. The molecule has 1 aromatic heterocycles. The number of carbonyl (C=O) groups excluding carboxylic acids is 1. The number of urea groups is 1. The molecule has 0 aliphatic heterocycles. The predicted octanol–water partition coefficient (Wildman–Crippen LogP) is 2.50. The summed E-state index contributed by atoms with van der Waals surface area (Å²) in [7, 11) is 0. The molecule has 1 fully saturated rings. The van der Waals surface area contributed by atoms with Crippen LogP contribution in [0.3, 0.4) is 0 Å². The summed E-state index contributed by atoms with van der Waals surface area (Å²) in [6.45, 7) is 3.22. The van der Waals surface area contributed by atoms with Gasteiger partial charge in [0.05, 0.1) is 17.5 Å². The molecule has 6 nitrogen and oxygen atoms in total. The highest BCUT2D eigenvalue weighted by Gasteiger charge is 2.28. The zero-order valence-electron chi connectivity index (χ0n) is 12.8. The number of aromatic nitrogens is 2. The Hall–Kier alpha value is -1.56. The van der Waals surface area contributed by atoms with Gasteiger partial charge in [-0.05, 0) is 19.3 Å². The first-order valence-electron chi connectivity index (χ1n) is 7.91. The Balaban J connectivity index is 1.78. The molecule has 118 valence electrons. The summed E-state index contributed by atoms with van der Waals surface area (Å²) in [5.41, 5.74) is -0.0749. The van der Waals surface area contributed by atoms with Gasteiger partial charge in [-0.15, -0.1) is 0 Å². The summed E-state index contributed by atoms with van der Waals surface area (Å²) < 4.78 is 1.80. The van der Waals surface area contributed by atoms with E-state index in [0.29, 0.717) is 12.2 Å². The van der Waals surface area contributed by atoms with Crippen molar-refractivity contribution in [3.63, 3.8) is 0 Å². The van der Waals surface area contributed by atoms with Crippen LogP contribution in [0.15, 0.2) is 12.4 Å². The molecule has 1 aliphatic rings. The molecule has 0 radical (unpaired) electrons. The van der Waals surface area contributed by atoms with Crippen molar-refractivity contribution in [2.75, 3.05) is 11.9 Å². The van der Waals surface area contributed by atoms with E-state index >= 15 is 0 Å². The number of aliphatic hydroxyl groups is 1. The van der Waals surface area contributed by atoms with E-state index in [1.165, 1.54) is 12.8 Å². The Morgan fingerprint density at radius 3 is 2.76 bits per heavy atom. The van der Waals surface area contributed by atoms with E-state index in [-0.39, 0.29) is 6.03 Å². The Bertz CT molecular complexity index is 450. The third kappa shape index (κ3) is 5.04. The zero-order chi connectivity index (χ0) is 15.1. The van der Waals surface area contributed by atoms with Crippen molar-refractivity contribution in [3.05, 3.63) is 12.4 Å². The van der Waals surface area contributed by atoms with E-state index in [1.807, 2.05) is 6.20 Å². The van der Waals surface area contributed by atoms with Crippen molar-refractivity contribution in [1.82, 2.24) is 15.1 Å². The van der Waals surface area contributed by atoms with Gasteiger partial charge in [0.1, 0.15) is 0 Å². The third-order valence-electron chi connectivity index (χ3n) is 3.96. The molecule has 0 saturated heterocycles. The second-order valence-corrected chi connectivity index (χ2v) is 5.94. The van der Waals surface area contributed by atoms with Crippen molar-refractivity contribution in [2.24, 2.45) is 0 Å². The van der Waals surface area contributed by atoms with Gasteiger partial charge in [0, 0.05) is 19.3 Å². The fraction of sp³-hybridized carbons (Fsp3) is 0.733. The maximum absolute atomic E-state index is 11.9. The van der Waals surface area contributed by atoms with Gasteiger partial charge >= 0.3 is 6.03 Å². The predicted molar refractivity (Wildman–Crippen MR) is 82.2 cm³/mol. The second-order valence-electron chi connectivity index (χ2n) is 5.94. The number of nitrogens with zero attached hydrogens (tertiary/aromatic N) is 2. The third-order valence-corrected chi connectivity index (χ3v) is 3.96. The van der Waals surface area contributed by atoms with E-state index in [9.17, 15) is 9.90 Å². The summed E-state index contributed by atoms with van der Waals surface area (Å²) in [4.78, 5) is 11.9. The maximum Gasteiger partial charge on any atom is 0.319 e. The number of aryl methyl sites for hydroxylation is 1. The fourth-order valence-corrected chi connectivity index (χ4v) is 2.76. The number of amides is 2. The summed E-state index contributed by atoms with van der Waals surface area (Å²) in [5, 5.41) is 20.2. The first kappa shape index (κ1) is 15.8. The molecule has 1 saturated carbocycles. The molecule has 0 aromatic carbocycles. The molecule has 1 heterocycles. The molecular formula is C15H26N4O2. The van der Waals surface area contributed by atoms with Gasteiger partial charge in [-0.3, -0.25) is 4.68 Å². The molecule has 1 aliphatic carbocycles. The highest BCUT2D eigenvalue weighted by Crippen LogP contribution is 2.26. The van der Waals surface area contributed by atoms with Gasteiger partial charge in [0.2, 0.25) is 0 Å². The first-order chi connectivity index (χ1) is 10.1. The van der Waals surface area contributed by atoms with Crippen LogP contribution in [0.4, 0.5) is 10.5 Å². The largest absolute Gasteiger partial charge is 0.388 e. The number of hydrogen-bond donors (Lipinski definition) is 3. The van der Waals surface area contributed by atoms with Gasteiger partial charge in [-0.2, -0.15) is 5.10 Å². The molecule has 0 bridgehead atoms. The molecular weight excluding hydrogens is 268 g/mol.